The van der Waals surface area contributed by atoms with Crippen LogP contribution >= 0.6 is 0 Å². The Labute approximate surface area is 104 Å². The van der Waals surface area contributed by atoms with E-state index in [9.17, 15) is 4.39 Å². The summed E-state index contributed by atoms with van der Waals surface area (Å²) in [5, 5.41) is 3.40. The zero-order valence-electron chi connectivity index (χ0n) is 11.2. The van der Waals surface area contributed by atoms with Crippen molar-refractivity contribution >= 4 is 0 Å². The van der Waals surface area contributed by atoms with Crippen molar-refractivity contribution in [3.8, 4) is 0 Å². The lowest BCUT2D eigenvalue weighted by molar-refractivity contribution is 0.496. The number of benzene rings is 1. The molecule has 17 heavy (non-hydrogen) atoms. The van der Waals surface area contributed by atoms with Gasteiger partial charge in [-0.1, -0.05) is 19.9 Å². The van der Waals surface area contributed by atoms with Crippen LogP contribution in [0, 0.1) is 18.7 Å². The van der Waals surface area contributed by atoms with Gasteiger partial charge in [0.25, 0.3) is 0 Å². The van der Waals surface area contributed by atoms with Crippen LogP contribution in [0.1, 0.15) is 37.8 Å². The van der Waals surface area contributed by atoms with Gasteiger partial charge in [-0.05, 0) is 68.5 Å². The average Bonchev–Trinajstić information content (AvgIpc) is 2.29. The number of hydrogen-bond donors (Lipinski definition) is 1. The van der Waals surface area contributed by atoms with Crippen LogP contribution in [0.5, 0.6) is 0 Å². The molecule has 0 bridgehead atoms. The predicted octanol–water partition coefficient (Wildman–Crippen LogP) is 3.70. The first-order valence-electron chi connectivity index (χ1n) is 6.59. The molecule has 1 unspecified atom stereocenters. The van der Waals surface area contributed by atoms with Gasteiger partial charge in [0, 0.05) is 0 Å². The Hall–Kier alpha value is -0.890. The minimum atomic E-state index is -0.123. The van der Waals surface area contributed by atoms with Gasteiger partial charge in [0.2, 0.25) is 0 Å². The highest BCUT2D eigenvalue weighted by molar-refractivity contribution is 5.26. The van der Waals surface area contributed by atoms with Crippen LogP contribution < -0.4 is 5.32 Å². The largest absolute Gasteiger partial charge is 0.317 e. The summed E-state index contributed by atoms with van der Waals surface area (Å²) in [7, 11) is 0. The van der Waals surface area contributed by atoms with E-state index in [0.717, 1.165) is 31.5 Å². The molecule has 1 rings (SSSR count). The molecule has 0 aliphatic rings. The molecule has 2 heteroatoms. The molecule has 1 N–H and O–H groups in total. The topological polar surface area (TPSA) is 12.0 Å². The van der Waals surface area contributed by atoms with Crippen molar-refractivity contribution < 1.29 is 4.39 Å². The summed E-state index contributed by atoms with van der Waals surface area (Å²) in [4.78, 5) is 0. The number of rotatable bonds is 7. The van der Waals surface area contributed by atoms with Crippen LogP contribution in [0.2, 0.25) is 0 Å². The van der Waals surface area contributed by atoms with Crippen molar-refractivity contribution in [3.63, 3.8) is 0 Å². The molecule has 0 radical (unpaired) electrons. The number of nitrogens with one attached hydrogen (secondary N) is 1. The average molecular weight is 237 g/mol. The van der Waals surface area contributed by atoms with Crippen LogP contribution in [-0.2, 0) is 6.42 Å². The van der Waals surface area contributed by atoms with Crippen LogP contribution in [-0.4, -0.2) is 13.1 Å². The number of halogens is 1. The highest BCUT2D eigenvalue weighted by Crippen LogP contribution is 2.16. The fourth-order valence-electron chi connectivity index (χ4n) is 1.99. The molecular weight excluding hydrogens is 213 g/mol. The van der Waals surface area contributed by atoms with Crippen molar-refractivity contribution in [1.29, 1.82) is 0 Å². The molecule has 0 saturated carbocycles. The summed E-state index contributed by atoms with van der Waals surface area (Å²) < 4.78 is 13.1. The van der Waals surface area contributed by atoms with Crippen LogP contribution in [0.3, 0.4) is 0 Å². The van der Waals surface area contributed by atoms with Crippen molar-refractivity contribution in [2.45, 2.75) is 40.0 Å². The quantitative estimate of drug-likeness (QED) is 0.713. The summed E-state index contributed by atoms with van der Waals surface area (Å²) in [5.74, 6) is 0.474. The van der Waals surface area contributed by atoms with E-state index in [1.165, 1.54) is 18.1 Å². The minimum Gasteiger partial charge on any atom is -0.317 e. The molecule has 0 heterocycles. The molecule has 0 amide bonds. The predicted molar refractivity (Wildman–Crippen MR) is 71.8 cm³/mol. The van der Waals surface area contributed by atoms with Gasteiger partial charge in [-0.2, -0.15) is 0 Å². The minimum absolute atomic E-state index is 0.123. The second-order valence-corrected chi connectivity index (χ2v) is 4.92. The fraction of sp³-hybridized carbons (Fsp3) is 0.600. The Bertz CT molecular complexity index is 336. The van der Waals surface area contributed by atoms with E-state index in [-0.39, 0.29) is 5.82 Å². The highest BCUT2D eigenvalue weighted by atomic mass is 19.1. The van der Waals surface area contributed by atoms with E-state index in [4.69, 9.17) is 0 Å². The standard InChI is InChI=1S/C15H24FN/c1-4-8-17-9-7-12(2)10-14-11-15(16)6-5-13(14)3/h5-6,11-12,17H,4,7-10H2,1-3H3. The smallest absolute Gasteiger partial charge is 0.123 e. The molecule has 0 saturated heterocycles. The first kappa shape index (κ1) is 14.2. The Morgan fingerprint density at radius 2 is 2.06 bits per heavy atom. The van der Waals surface area contributed by atoms with Crippen molar-refractivity contribution in [2.24, 2.45) is 5.92 Å². The highest BCUT2D eigenvalue weighted by Gasteiger charge is 2.06. The molecule has 96 valence electrons. The Morgan fingerprint density at radius 3 is 2.76 bits per heavy atom. The normalized spacial score (nSPS) is 12.7. The second-order valence-electron chi connectivity index (χ2n) is 4.92. The number of hydrogen-bond acceptors (Lipinski definition) is 1. The van der Waals surface area contributed by atoms with Gasteiger partial charge in [-0.15, -0.1) is 0 Å². The van der Waals surface area contributed by atoms with Crippen LogP contribution in [0.15, 0.2) is 18.2 Å². The zero-order chi connectivity index (χ0) is 12.7. The van der Waals surface area contributed by atoms with Crippen molar-refractivity contribution in [2.75, 3.05) is 13.1 Å². The van der Waals surface area contributed by atoms with Crippen LogP contribution in [0.4, 0.5) is 4.39 Å². The monoisotopic (exact) mass is 237 g/mol. The molecule has 1 atom stereocenters. The summed E-state index contributed by atoms with van der Waals surface area (Å²) in [6.07, 6.45) is 3.30. The maximum absolute atomic E-state index is 13.1. The Kier molecular flexibility index (Phi) is 6.20. The van der Waals surface area contributed by atoms with Crippen molar-refractivity contribution in [3.05, 3.63) is 35.1 Å². The summed E-state index contributed by atoms with van der Waals surface area (Å²) in [5.41, 5.74) is 2.34. The maximum atomic E-state index is 13.1. The van der Waals surface area contributed by atoms with E-state index in [0.29, 0.717) is 5.92 Å². The molecule has 0 aliphatic carbocycles. The Morgan fingerprint density at radius 1 is 1.29 bits per heavy atom. The summed E-state index contributed by atoms with van der Waals surface area (Å²) in [6, 6.07) is 5.07. The van der Waals surface area contributed by atoms with Crippen LogP contribution in [0.25, 0.3) is 0 Å². The van der Waals surface area contributed by atoms with Gasteiger partial charge in [-0.25, -0.2) is 4.39 Å². The lowest BCUT2D eigenvalue weighted by Gasteiger charge is -2.13. The summed E-state index contributed by atoms with van der Waals surface area (Å²) in [6.45, 7) is 8.61. The third kappa shape index (κ3) is 5.31. The third-order valence-electron chi connectivity index (χ3n) is 3.12. The second kappa shape index (κ2) is 7.44. The van der Waals surface area contributed by atoms with Gasteiger partial charge in [0.15, 0.2) is 0 Å². The van der Waals surface area contributed by atoms with Gasteiger partial charge in [0.1, 0.15) is 5.82 Å². The molecule has 0 aliphatic heterocycles. The molecular formula is C15H24FN. The molecule has 0 spiro atoms. The Balaban J connectivity index is 2.39. The van der Waals surface area contributed by atoms with E-state index in [1.54, 1.807) is 6.07 Å². The molecule has 0 fully saturated rings. The molecule has 1 nitrogen and oxygen atoms in total. The van der Waals surface area contributed by atoms with Gasteiger partial charge < -0.3 is 5.32 Å². The van der Waals surface area contributed by atoms with Crippen molar-refractivity contribution in [1.82, 2.24) is 5.32 Å². The third-order valence-corrected chi connectivity index (χ3v) is 3.12. The van der Waals surface area contributed by atoms with E-state index >= 15 is 0 Å². The van der Waals surface area contributed by atoms with E-state index in [2.05, 4.69) is 26.1 Å². The lowest BCUT2D eigenvalue weighted by atomic mass is 9.95. The van der Waals surface area contributed by atoms with Gasteiger partial charge in [0.05, 0.1) is 0 Å². The molecule has 1 aromatic carbocycles. The summed E-state index contributed by atoms with van der Waals surface area (Å²) >= 11 is 0. The fourth-order valence-corrected chi connectivity index (χ4v) is 1.99. The van der Waals surface area contributed by atoms with E-state index < -0.39 is 0 Å². The number of aryl methyl sites for hydroxylation is 1. The first-order chi connectivity index (χ1) is 8.13. The van der Waals surface area contributed by atoms with Gasteiger partial charge >= 0.3 is 0 Å². The zero-order valence-corrected chi connectivity index (χ0v) is 11.2. The van der Waals surface area contributed by atoms with Gasteiger partial charge in [-0.3, -0.25) is 0 Å². The SMILES string of the molecule is CCCNCCC(C)Cc1cc(F)ccc1C. The molecule has 0 aromatic heterocycles. The first-order valence-corrected chi connectivity index (χ1v) is 6.59. The molecule has 1 aromatic rings. The lowest BCUT2D eigenvalue weighted by Crippen LogP contribution is -2.18. The maximum Gasteiger partial charge on any atom is 0.123 e. The van der Waals surface area contributed by atoms with E-state index in [1.807, 2.05) is 6.07 Å².